The molecule has 2 N–H and O–H groups in total. The minimum absolute atomic E-state index is 0.0957. The van der Waals surface area contributed by atoms with E-state index in [0.29, 0.717) is 41.4 Å². The molecule has 4 saturated carbocycles. The Kier molecular flexibility index (Phi) is 5.55. The first-order valence-corrected chi connectivity index (χ1v) is 13.8. The average Bonchev–Trinajstić information content (AvgIpc) is 3.77. The molecule has 41 heavy (non-hydrogen) atoms. The number of carbonyl (C=O) groups excluding carboxylic acids is 2. The fourth-order valence-electron chi connectivity index (χ4n) is 6.91. The van der Waals surface area contributed by atoms with Gasteiger partial charge in [0.05, 0.1) is 25.3 Å². The van der Waals surface area contributed by atoms with E-state index in [1.165, 1.54) is 5.56 Å². The summed E-state index contributed by atoms with van der Waals surface area (Å²) in [4.78, 5) is 32.7. The van der Waals surface area contributed by atoms with Crippen molar-refractivity contribution in [1.29, 1.82) is 0 Å². The summed E-state index contributed by atoms with van der Waals surface area (Å²) in [6.45, 7) is 0. The topological polar surface area (TPSA) is 104 Å². The smallest absolute Gasteiger partial charge is 0.243 e. The quantitative estimate of drug-likeness (QED) is 0.276. The van der Waals surface area contributed by atoms with Crippen LogP contribution < -0.4 is 24.8 Å². The standard InChI is InChI=1S/C33H31N3O5/c1-39-27-16-24-25(17-28(27)40-2)35-15-12-26(24)41-23-10-8-22(9-11-23)36(30(38)33(13-14-33)29(34)37)32-18-31(19-32,20-32)21-6-4-3-5-7-21/h3-12,15-17H,13-14,18-20H2,1-2H3,(H2,34,37). The number of hydrogen-bond acceptors (Lipinski definition) is 6. The highest BCUT2D eigenvalue weighted by Crippen LogP contribution is 2.71. The number of hydrogen-bond donors (Lipinski definition) is 1. The molecular weight excluding hydrogens is 518 g/mol. The maximum Gasteiger partial charge on any atom is 0.243 e. The van der Waals surface area contributed by atoms with Gasteiger partial charge in [0, 0.05) is 28.8 Å². The molecule has 4 aliphatic rings. The molecule has 4 aliphatic carbocycles. The molecule has 0 atom stereocenters. The Balaban J connectivity index is 1.19. The summed E-state index contributed by atoms with van der Waals surface area (Å²) in [7, 11) is 3.17. The molecule has 0 saturated heterocycles. The molecule has 8 nitrogen and oxygen atoms in total. The first-order chi connectivity index (χ1) is 19.8. The molecular formula is C33H31N3O5. The van der Waals surface area contributed by atoms with Gasteiger partial charge >= 0.3 is 0 Å². The Morgan fingerprint density at radius 1 is 0.854 bits per heavy atom. The minimum atomic E-state index is -1.10. The Morgan fingerprint density at radius 2 is 1.51 bits per heavy atom. The zero-order valence-electron chi connectivity index (χ0n) is 23.1. The molecule has 3 aromatic carbocycles. The second-order valence-corrected chi connectivity index (χ2v) is 11.6. The van der Waals surface area contributed by atoms with Gasteiger partial charge in [-0.1, -0.05) is 30.3 Å². The van der Waals surface area contributed by atoms with Crippen LogP contribution in [0.5, 0.6) is 23.0 Å². The third kappa shape index (κ3) is 3.77. The van der Waals surface area contributed by atoms with E-state index in [9.17, 15) is 9.59 Å². The lowest BCUT2D eigenvalue weighted by Gasteiger charge is -2.74. The van der Waals surface area contributed by atoms with Crippen molar-refractivity contribution < 1.29 is 23.8 Å². The molecule has 8 heteroatoms. The number of fused-ring (bicyclic) bond motifs is 1. The van der Waals surface area contributed by atoms with Gasteiger partial charge in [0.1, 0.15) is 16.9 Å². The van der Waals surface area contributed by atoms with Crippen LogP contribution in [0.4, 0.5) is 5.69 Å². The maximum atomic E-state index is 14.0. The third-order valence-electron chi connectivity index (χ3n) is 9.23. The van der Waals surface area contributed by atoms with Gasteiger partial charge in [-0.15, -0.1) is 0 Å². The van der Waals surface area contributed by atoms with Crippen molar-refractivity contribution in [2.75, 3.05) is 19.1 Å². The monoisotopic (exact) mass is 549 g/mol. The van der Waals surface area contributed by atoms with Crippen molar-refractivity contribution in [2.45, 2.75) is 43.1 Å². The van der Waals surface area contributed by atoms with Crippen LogP contribution in [0, 0.1) is 5.41 Å². The molecule has 2 amide bonds. The van der Waals surface area contributed by atoms with E-state index in [2.05, 4.69) is 29.2 Å². The van der Waals surface area contributed by atoms with Crippen molar-refractivity contribution >= 4 is 28.4 Å². The molecule has 8 rings (SSSR count). The Morgan fingerprint density at radius 3 is 2.12 bits per heavy atom. The number of pyridine rings is 1. The van der Waals surface area contributed by atoms with Crippen LogP contribution in [0.1, 0.15) is 37.7 Å². The predicted octanol–water partition coefficient (Wildman–Crippen LogP) is 5.52. The van der Waals surface area contributed by atoms with Gasteiger partial charge in [0.2, 0.25) is 11.8 Å². The molecule has 4 aromatic rings. The number of primary amides is 1. The minimum Gasteiger partial charge on any atom is -0.493 e. The number of aromatic nitrogens is 1. The van der Waals surface area contributed by atoms with Crippen molar-refractivity contribution in [3.63, 3.8) is 0 Å². The Hall–Kier alpha value is -4.59. The van der Waals surface area contributed by atoms with E-state index in [1.54, 1.807) is 26.5 Å². The van der Waals surface area contributed by atoms with Gasteiger partial charge in [-0.2, -0.15) is 0 Å². The number of benzene rings is 3. The van der Waals surface area contributed by atoms with Crippen LogP contribution in [0.3, 0.4) is 0 Å². The van der Waals surface area contributed by atoms with Gasteiger partial charge in [-0.25, -0.2) is 0 Å². The van der Waals surface area contributed by atoms with E-state index >= 15 is 0 Å². The molecule has 0 aliphatic heterocycles. The number of ether oxygens (including phenoxy) is 3. The number of methoxy groups -OCH3 is 2. The number of nitrogens with two attached hydrogens (primary N) is 1. The van der Waals surface area contributed by atoms with E-state index in [4.69, 9.17) is 19.9 Å². The number of rotatable bonds is 9. The maximum absolute atomic E-state index is 14.0. The lowest BCUT2D eigenvalue weighted by Crippen LogP contribution is -2.78. The van der Waals surface area contributed by atoms with E-state index in [1.807, 2.05) is 47.4 Å². The van der Waals surface area contributed by atoms with Crippen LogP contribution in [0.15, 0.2) is 79.0 Å². The van der Waals surface area contributed by atoms with Crippen LogP contribution in [0.25, 0.3) is 10.9 Å². The summed E-state index contributed by atoms with van der Waals surface area (Å²) in [6, 6.07) is 23.4. The zero-order chi connectivity index (χ0) is 28.4. The molecule has 1 aromatic heterocycles. The SMILES string of the molecule is COc1cc2nccc(Oc3ccc(N(C(=O)C4(C(N)=O)CC4)C45CC(c6ccccc6)(C4)C5)cc3)c2cc1OC. The van der Waals surface area contributed by atoms with Crippen molar-refractivity contribution in [2.24, 2.45) is 11.1 Å². The highest BCUT2D eigenvalue weighted by atomic mass is 16.5. The second-order valence-electron chi connectivity index (χ2n) is 11.6. The molecule has 0 spiro atoms. The van der Waals surface area contributed by atoms with Gasteiger partial charge in [-0.3, -0.25) is 14.6 Å². The first-order valence-electron chi connectivity index (χ1n) is 13.8. The highest BCUT2D eigenvalue weighted by Gasteiger charge is 2.73. The summed E-state index contributed by atoms with van der Waals surface area (Å²) in [6.07, 6.45) is 5.30. The van der Waals surface area contributed by atoms with Gasteiger partial charge in [0.15, 0.2) is 11.5 Å². The third-order valence-corrected chi connectivity index (χ3v) is 9.23. The summed E-state index contributed by atoms with van der Waals surface area (Å²) in [5, 5.41) is 0.781. The van der Waals surface area contributed by atoms with E-state index in [-0.39, 0.29) is 16.9 Å². The lowest BCUT2D eigenvalue weighted by molar-refractivity contribution is -0.140. The number of carbonyl (C=O) groups is 2. The summed E-state index contributed by atoms with van der Waals surface area (Å²) >= 11 is 0. The lowest BCUT2D eigenvalue weighted by atomic mass is 9.36. The van der Waals surface area contributed by atoms with Gasteiger partial charge in [0.25, 0.3) is 0 Å². The number of amides is 2. The van der Waals surface area contributed by atoms with Gasteiger partial charge < -0.3 is 24.8 Å². The molecule has 1 heterocycles. The number of nitrogens with zero attached hydrogens (tertiary/aromatic N) is 2. The fourth-order valence-corrected chi connectivity index (χ4v) is 6.91. The molecule has 4 fully saturated rings. The van der Waals surface area contributed by atoms with E-state index in [0.717, 1.165) is 30.3 Å². The molecule has 2 bridgehead atoms. The van der Waals surface area contributed by atoms with Crippen molar-refractivity contribution in [3.05, 3.63) is 84.6 Å². The average molecular weight is 550 g/mol. The molecule has 0 radical (unpaired) electrons. The Labute approximate surface area is 238 Å². The zero-order valence-corrected chi connectivity index (χ0v) is 23.1. The largest absolute Gasteiger partial charge is 0.493 e. The van der Waals surface area contributed by atoms with E-state index < -0.39 is 11.3 Å². The normalized spacial score (nSPS) is 23.1. The van der Waals surface area contributed by atoms with Crippen LogP contribution in [-0.4, -0.2) is 36.6 Å². The predicted molar refractivity (Wildman–Crippen MR) is 154 cm³/mol. The second kappa shape index (κ2) is 8.96. The van der Waals surface area contributed by atoms with Crippen LogP contribution in [-0.2, 0) is 15.0 Å². The molecule has 208 valence electrons. The summed E-state index contributed by atoms with van der Waals surface area (Å²) < 4.78 is 17.2. The van der Waals surface area contributed by atoms with Gasteiger partial charge in [-0.05, 0) is 74.1 Å². The van der Waals surface area contributed by atoms with Crippen molar-refractivity contribution in [1.82, 2.24) is 4.98 Å². The number of anilines is 1. The highest BCUT2D eigenvalue weighted by molar-refractivity contribution is 6.14. The van der Waals surface area contributed by atoms with Crippen LogP contribution in [0.2, 0.25) is 0 Å². The van der Waals surface area contributed by atoms with Crippen LogP contribution >= 0.6 is 0 Å². The Bertz CT molecular complexity index is 1660. The van der Waals surface area contributed by atoms with Crippen molar-refractivity contribution in [3.8, 4) is 23.0 Å². The first kappa shape index (κ1) is 25.4. The summed E-state index contributed by atoms with van der Waals surface area (Å²) in [5.41, 5.74) is 7.22. The molecule has 0 unspecified atom stereocenters. The summed E-state index contributed by atoms with van der Waals surface area (Å²) in [5.74, 6) is 1.68. The fraction of sp³-hybridized carbons (Fsp3) is 0.303.